The summed E-state index contributed by atoms with van der Waals surface area (Å²) in [5.74, 6) is 0.565. The van der Waals surface area contributed by atoms with Crippen molar-refractivity contribution in [3.05, 3.63) is 47.1 Å². The van der Waals surface area contributed by atoms with E-state index < -0.39 is 9.84 Å². The molecule has 0 aliphatic carbocycles. The van der Waals surface area contributed by atoms with Gasteiger partial charge in [-0.3, -0.25) is 0 Å². The third-order valence-corrected chi connectivity index (χ3v) is 3.95. The number of benzene rings is 1. The fourth-order valence-corrected chi connectivity index (χ4v) is 2.34. The largest absolute Gasteiger partial charge is 0.439 e. The second kappa shape index (κ2) is 5.78. The zero-order valence-corrected chi connectivity index (χ0v) is 12.1. The number of rotatable bonds is 4. The number of sulfone groups is 1. The van der Waals surface area contributed by atoms with E-state index >= 15 is 0 Å². The quantitative estimate of drug-likeness (QED) is 0.938. The molecule has 0 unspecified atom stereocenters. The second-order valence-electron chi connectivity index (χ2n) is 4.09. The minimum atomic E-state index is -3.30. The van der Waals surface area contributed by atoms with Gasteiger partial charge >= 0.3 is 0 Å². The van der Waals surface area contributed by atoms with Crippen molar-refractivity contribution in [2.45, 2.75) is 11.5 Å². The average Bonchev–Trinajstić information content (AvgIpc) is 2.40. The Labute approximate surface area is 121 Å². The lowest BCUT2D eigenvalue weighted by molar-refractivity contribution is 0.275. The lowest BCUT2D eigenvalue weighted by atomic mass is 10.3. The highest BCUT2D eigenvalue weighted by atomic mass is 35.5. The number of hydrogen-bond donors (Lipinski definition) is 1. The lowest BCUT2D eigenvalue weighted by Gasteiger charge is -2.08. The average molecular weight is 314 g/mol. The smallest absolute Gasteiger partial charge is 0.219 e. The van der Waals surface area contributed by atoms with E-state index in [-0.39, 0.29) is 17.4 Å². The van der Waals surface area contributed by atoms with Crippen molar-refractivity contribution in [1.82, 2.24) is 4.98 Å². The molecule has 1 heterocycles. The van der Waals surface area contributed by atoms with E-state index in [0.29, 0.717) is 16.5 Å². The molecule has 0 aliphatic heterocycles. The van der Waals surface area contributed by atoms with Crippen molar-refractivity contribution < 1.29 is 18.3 Å². The van der Waals surface area contributed by atoms with Crippen molar-refractivity contribution in [3.8, 4) is 11.6 Å². The van der Waals surface area contributed by atoms with Crippen LogP contribution < -0.4 is 4.74 Å². The Balaban J connectivity index is 2.31. The number of hydrogen-bond acceptors (Lipinski definition) is 5. The van der Waals surface area contributed by atoms with Gasteiger partial charge in [0.1, 0.15) is 5.75 Å². The van der Waals surface area contributed by atoms with Gasteiger partial charge < -0.3 is 9.84 Å². The highest BCUT2D eigenvalue weighted by Gasteiger charge is 2.09. The summed E-state index contributed by atoms with van der Waals surface area (Å²) >= 11 is 5.83. The number of nitrogens with zero attached hydrogens (tertiary/aromatic N) is 1. The first-order valence-corrected chi connectivity index (χ1v) is 7.91. The molecule has 0 radical (unpaired) electrons. The molecule has 1 aromatic carbocycles. The molecule has 0 amide bonds. The third kappa shape index (κ3) is 3.47. The number of pyridine rings is 1. The zero-order chi connectivity index (χ0) is 14.8. The summed E-state index contributed by atoms with van der Waals surface area (Å²) in [5.41, 5.74) is 0.295. The highest BCUT2D eigenvalue weighted by Crippen LogP contribution is 2.25. The van der Waals surface area contributed by atoms with Crippen LogP contribution in [-0.4, -0.2) is 24.8 Å². The maximum Gasteiger partial charge on any atom is 0.219 e. The molecule has 2 rings (SSSR count). The Bertz CT molecular complexity index is 731. The monoisotopic (exact) mass is 313 g/mol. The van der Waals surface area contributed by atoms with E-state index in [9.17, 15) is 8.42 Å². The summed E-state index contributed by atoms with van der Waals surface area (Å²) in [6.45, 7) is -0.306. The Kier molecular flexibility index (Phi) is 4.27. The van der Waals surface area contributed by atoms with Gasteiger partial charge in [0.25, 0.3) is 0 Å². The van der Waals surface area contributed by atoms with E-state index in [1.54, 1.807) is 18.2 Å². The molecule has 2 aromatic rings. The van der Waals surface area contributed by atoms with Gasteiger partial charge in [-0.2, -0.15) is 0 Å². The van der Waals surface area contributed by atoms with E-state index in [4.69, 9.17) is 21.4 Å². The van der Waals surface area contributed by atoms with Crippen molar-refractivity contribution in [1.29, 1.82) is 0 Å². The lowest BCUT2D eigenvalue weighted by Crippen LogP contribution is -1.98. The Hall–Kier alpha value is -1.63. The maximum absolute atomic E-state index is 11.5. The van der Waals surface area contributed by atoms with Gasteiger partial charge in [0.05, 0.1) is 22.2 Å². The van der Waals surface area contributed by atoms with Crippen LogP contribution in [0.15, 0.2) is 41.3 Å². The summed E-state index contributed by atoms with van der Waals surface area (Å²) < 4.78 is 28.4. The van der Waals surface area contributed by atoms with Crippen molar-refractivity contribution in [2.75, 3.05) is 6.26 Å². The van der Waals surface area contributed by atoms with Crippen LogP contribution in [-0.2, 0) is 16.4 Å². The molecule has 0 saturated heterocycles. The van der Waals surface area contributed by atoms with Gasteiger partial charge in [0.15, 0.2) is 9.84 Å². The highest BCUT2D eigenvalue weighted by molar-refractivity contribution is 7.90. The van der Waals surface area contributed by atoms with Crippen LogP contribution in [0.25, 0.3) is 0 Å². The van der Waals surface area contributed by atoms with Gasteiger partial charge in [-0.1, -0.05) is 17.7 Å². The predicted molar refractivity (Wildman–Crippen MR) is 74.8 cm³/mol. The minimum Gasteiger partial charge on any atom is -0.439 e. The number of halogens is 1. The molecule has 0 saturated carbocycles. The van der Waals surface area contributed by atoms with Gasteiger partial charge in [-0.15, -0.1) is 0 Å². The Morgan fingerprint density at radius 1 is 1.30 bits per heavy atom. The molecule has 0 fully saturated rings. The van der Waals surface area contributed by atoms with Crippen LogP contribution in [0.4, 0.5) is 0 Å². The van der Waals surface area contributed by atoms with Crippen molar-refractivity contribution >= 4 is 21.4 Å². The molecule has 0 spiro atoms. The third-order valence-electron chi connectivity index (χ3n) is 2.50. The molecule has 0 aliphatic rings. The standard InChI is InChI=1S/C13H12ClNO4S/c1-20(17,18)10-4-2-3-9(7-10)19-13-6-5-11(14)12(8-16)15-13/h2-7,16H,8H2,1H3. The second-order valence-corrected chi connectivity index (χ2v) is 6.51. The number of aliphatic hydroxyl groups excluding tert-OH is 1. The molecular formula is C13H12ClNO4S. The summed E-state index contributed by atoms with van der Waals surface area (Å²) in [4.78, 5) is 4.18. The topological polar surface area (TPSA) is 76.5 Å². The molecule has 1 N–H and O–H groups in total. The van der Waals surface area contributed by atoms with E-state index in [2.05, 4.69) is 4.98 Å². The minimum absolute atomic E-state index is 0.159. The summed E-state index contributed by atoms with van der Waals surface area (Å²) in [6.07, 6.45) is 1.12. The first-order chi connectivity index (χ1) is 9.40. The molecule has 1 aromatic heterocycles. The van der Waals surface area contributed by atoms with Crippen LogP contribution in [0.2, 0.25) is 5.02 Å². The van der Waals surface area contributed by atoms with Crippen LogP contribution >= 0.6 is 11.6 Å². The van der Waals surface area contributed by atoms with Gasteiger partial charge in [-0.05, 0) is 24.3 Å². The zero-order valence-electron chi connectivity index (χ0n) is 10.6. The first-order valence-electron chi connectivity index (χ1n) is 5.64. The summed E-state index contributed by atoms with van der Waals surface area (Å²) in [5, 5.41) is 9.42. The molecule has 106 valence electrons. The van der Waals surface area contributed by atoms with E-state index in [0.717, 1.165) is 6.26 Å². The Morgan fingerprint density at radius 3 is 2.70 bits per heavy atom. The molecule has 7 heteroatoms. The normalized spacial score (nSPS) is 11.3. The van der Waals surface area contributed by atoms with Crippen LogP contribution in [0, 0.1) is 0 Å². The van der Waals surface area contributed by atoms with Gasteiger partial charge in [-0.25, -0.2) is 13.4 Å². The van der Waals surface area contributed by atoms with Gasteiger partial charge in [0.2, 0.25) is 5.88 Å². The van der Waals surface area contributed by atoms with E-state index in [1.165, 1.54) is 18.2 Å². The SMILES string of the molecule is CS(=O)(=O)c1cccc(Oc2ccc(Cl)c(CO)n2)c1. The molecule has 0 atom stereocenters. The van der Waals surface area contributed by atoms with Crippen molar-refractivity contribution in [2.24, 2.45) is 0 Å². The van der Waals surface area contributed by atoms with Gasteiger partial charge in [0, 0.05) is 12.3 Å². The fraction of sp³-hybridized carbons (Fsp3) is 0.154. The number of ether oxygens (including phenoxy) is 1. The van der Waals surface area contributed by atoms with Crippen LogP contribution in [0.3, 0.4) is 0 Å². The molecule has 5 nitrogen and oxygen atoms in total. The summed E-state index contributed by atoms with van der Waals surface area (Å²) in [7, 11) is -3.30. The number of aromatic nitrogens is 1. The summed E-state index contributed by atoms with van der Waals surface area (Å²) in [6, 6.07) is 9.17. The molecule has 20 heavy (non-hydrogen) atoms. The van der Waals surface area contributed by atoms with Crippen LogP contribution in [0.5, 0.6) is 11.6 Å². The maximum atomic E-state index is 11.5. The van der Waals surface area contributed by atoms with E-state index in [1.807, 2.05) is 0 Å². The number of aliphatic hydroxyl groups is 1. The molecular weight excluding hydrogens is 302 g/mol. The van der Waals surface area contributed by atoms with Crippen molar-refractivity contribution in [3.63, 3.8) is 0 Å². The van der Waals surface area contributed by atoms with Crippen LogP contribution in [0.1, 0.15) is 5.69 Å². The predicted octanol–water partition coefficient (Wildman–Crippen LogP) is 2.42. The Morgan fingerprint density at radius 2 is 2.05 bits per heavy atom. The molecule has 0 bridgehead atoms. The first kappa shape index (κ1) is 14.8. The fourth-order valence-electron chi connectivity index (χ4n) is 1.52.